The van der Waals surface area contributed by atoms with Crippen LogP contribution in [0.5, 0.6) is 17.2 Å². The fourth-order valence-electron chi connectivity index (χ4n) is 3.02. The Morgan fingerprint density at radius 1 is 1.32 bits per heavy atom. The minimum Gasteiger partial charge on any atom is -0.493 e. The van der Waals surface area contributed by atoms with Gasteiger partial charge in [0.05, 0.1) is 25.0 Å². The molecule has 0 radical (unpaired) electrons. The maximum absolute atomic E-state index is 12.7. The Morgan fingerprint density at radius 2 is 2.07 bits per heavy atom. The summed E-state index contributed by atoms with van der Waals surface area (Å²) >= 11 is 1.50. The molecular weight excluding hydrogens is 378 g/mol. The molecule has 1 aromatic heterocycles. The molecule has 1 aliphatic rings. The Bertz CT molecular complexity index is 883. The topological polar surface area (TPSA) is 66.9 Å². The first-order valence-electron chi connectivity index (χ1n) is 9.28. The van der Waals surface area contributed by atoms with E-state index in [1.807, 2.05) is 19.1 Å². The summed E-state index contributed by atoms with van der Waals surface area (Å²) in [6.45, 7) is 9.22. The van der Waals surface area contributed by atoms with Crippen molar-refractivity contribution in [1.82, 2.24) is 4.98 Å². The van der Waals surface area contributed by atoms with E-state index >= 15 is 0 Å². The number of ether oxygens (including phenoxy) is 4. The minimum absolute atomic E-state index is 0.280. The molecule has 1 aliphatic heterocycles. The summed E-state index contributed by atoms with van der Waals surface area (Å²) in [7, 11) is 1.58. The first-order valence-corrected chi connectivity index (χ1v) is 10.1. The fraction of sp³-hybridized carbons (Fsp3) is 0.429. The van der Waals surface area contributed by atoms with Crippen molar-refractivity contribution in [2.75, 3.05) is 26.9 Å². The van der Waals surface area contributed by atoms with E-state index in [4.69, 9.17) is 23.9 Å². The number of methoxy groups -OCH3 is 1. The smallest absolute Gasteiger partial charge is 0.341 e. The van der Waals surface area contributed by atoms with Crippen LogP contribution in [0, 0.1) is 6.92 Å². The summed E-state index contributed by atoms with van der Waals surface area (Å²) in [6, 6.07) is 3.65. The number of esters is 1. The number of benzene rings is 1. The van der Waals surface area contributed by atoms with Crippen molar-refractivity contribution in [3.05, 3.63) is 33.3 Å². The molecule has 0 saturated carbocycles. The van der Waals surface area contributed by atoms with Gasteiger partial charge in [-0.05, 0) is 43.5 Å². The maximum Gasteiger partial charge on any atom is 0.341 e. The second-order valence-electron chi connectivity index (χ2n) is 6.64. The predicted molar refractivity (Wildman–Crippen MR) is 109 cm³/mol. The van der Waals surface area contributed by atoms with E-state index in [-0.39, 0.29) is 5.92 Å². The van der Waals surface area contributed by atoms with E-state index in [0.29, 0.717) is 47.6 Å². The van der Waals surface area contributed by atoms with Crippen molar-refractivity contribution in [1.29, 1.82) is 0 Å². The maximum atomic E-state index is 12.7. The molecule has 0 atom stereocenters. The van der Waals surface area contributed by atoms with Crippen molar-refractivity contribution >= 4 is 29.0 Å². The van der Waals surface area contributed by atoms with Crippen molar-refractivity contribution in [3.63, 3.8) is 0 Å². The minimum atomic E-state index is -0.402. The largest absolute Gasteiger partial charge is 0.493 e. The SMILES string of the molecule is CCOC(=O)/C(=C/c1cc(OC)c2c(c1)OCCO2)c1nc(C(C)C)c(C)s1. The number of carbonyl (C=O) groups is 1. The number of fused-ring (bicyclic) bond motifs is 1. The van der Waals surface area contributed by atoms with E-state index in [9.17, 15) is 4.79 Å². The van der Waals surface area contributed by atoms with Crippen LogP contribution in [0.2, 0.25) is 0 Å². The van der Waals surface area contributed by atoms with Gasteiger partial charge in [0.1, 0.15) is 18.2 Å². The molecule has 1 aromatic carbocycles. The van der Waals surface area contributed by atoms with Gasteiger partial charge in [-0.15, -0.1) is 11.3 Å². The van der Waals surface area contributed by atoms with Gasteiger partial charge in [-0.3, -0.25) is 0 Å². The lowest BCUT2D eigenvalue weighted by atomic mass is 10.1. The molecule has 0 spiro atoms. The highest BCUT2D eigenvalue weighted by Gasteiger charge is 2.22. The first-order chi connectivity index (χ1) is 13.4. The van der Waals surface area contributed by atoms with Crippen LogP contribution < -0.4 is 14.2 Å². The van der Waals surface area contributed by atoms with E-state index in [0.717, 1.165) is 16.1 Å². The number of thiazole rings is 1. The fourth-order valence-corrected chi connectivity index (χ4v) is 4.09. The Labute approximate surface area is 169 Å². The Kier molecular flexibility index (Phi) is 6.24. The second kappa shape index (κ2) is 8.65. The molecule has 2 aromatic rings. The molecular formula is C21H25NO5S. The predicted octanol–water partition coefficient (Wildman–Crippen LogP) is 4.46. The second-order valence-corrected chi connectivity index (χ2v) is 7.84. The van der Waals surface area contributed by atoms with E-state index in [1.54, 1.807) is 20.1 Å². The standard InChI is InChI=1S/C21H25NO5S/c1-6-25-21(23)15(20-22-18(12(2)3)13(4)28-20)9-14-10-16(24-5)19-17(11-14)26-7-8-27-19/h9-12H,6-8H2,1-5H3/b15-9+. The number of aryl methyl sites for hydroxylation is 1. The zero-order chi connectivity index (χ0) is 20.3. The van der Waals surface area contributed by atoms with Gasteiger partial charge < -0.3 is 18.9 Å². The average Bonchev–Trinajstić information content (AvgIpc) is 3.07. The number of rotatable bonds is 6. The zero-order valence-corrected chi connectivity index (χ0v) is 17.6. The molecule has 3 rings (SSSR count). The molecule has 150 valence electrons. The number of aromatic nitrogens is 1. The van der Waals surface area contributed by atoms with Gasteiger partial charge in [0.25, 0.3) is 0 Å². The van der Waals surface area contributed by atoms with E-state index in [1.165, 1.54) is 11.3 Å². The highest BCUT2D eigenvalue weighted by Crippen LogP contribution is 2.41. The average molecular weight is 404 g/mol. The monoisotopic (exact) mass is 403 g/mol. The Balaban J connectivity index is 2.09. The molecule has 0 aliphatic carbocycles. The Hall–Kier alpha value is -2.54. The number of hydrogen-bond acceptors (Lipinski definition) is 7. The molecule has 0 bridgehead atoms. The van der Waals surface area contributed by atoms with Gasteiger partial charge in [-0.25, -0.2) is 9.78 Å². The summed E-state index contributed by atoms with van der Waals surface area (Å²) < 4.78 is 22.1. The van der Waals surface area contributed by atoms with Gasteiger partial charge in [0.2, 0.25) is 5.75 Å². The van der Waals surface area contributed by atoms with Crippen LogP contribution in [0.3, 0.4) is 0 Å². The molecule has 0 fully saturated rings. The molecule has 28 heavy (non-hydrogen) atoms. The van der Waals surface area contributed by atoms with Crippen LogP contribution in [-0.4, -0.2) is 37.9 Å². The van der Waals surface area contributed by atoms with Crippen LogP contribution in [-0.2, 0) is 9.53 Å². The molecule has 7 heteroatoms. The highest BCUT2D eigenvalue weighted by molar-refractivity contribution is 7.13. The van der Waals surface area contributed by atoms with Crippen molar-refractivity contribution in [3.8, 4) is 17.2 Å². The number of carbonyl (C=O) groups excluding carboxylic acids is 1. The lowest BCUT2D eigenvalue weighted by Gasteiger charge is -2.21. The van der Waals surface area contributed by atoms with Gasteiger partial charge in [-0.1, -0.05) is 13.8 Å². The molecule has 2 heterocycles. The summed E-state index contributed by atoms with van der Waals surface area (Å²) in [6.07, 6.45) is 1.77. The summed E-state index contributed by atoms with van der Waals surface area (Å²) in [5, 5.41) is 0.647. The van der Waals surface area contributed by atoms with Crippen molar-refractivity contribution < 1.29 is 23.7 Å². The van der Waals surface area contributed by atoms with Crippen LogP contribution >= 0.6 is 11.3 Å². The molecule has 0 N–H and O–H groups in total. The normalized spacial score (nSPS) is 13.6. The molecule has 0 amide bonds. The number of nitrogens with zero attached hydrogens (tertiary/aromatic N) is 1. The van der Waals surface area contributed by atoms with Gasteiger partial charge in [0.15, 0.2) is 11.5 Å². The van der Waals surface area contributed by atoms with Crippen LogP contribution in [0.4, 0.5) is 0 Å². The van der Waals surface area contributed by atoms with Crippen LogP contribution in [0.25, 0.3) is 11.6 Å². The molecule has 0 unspecified atom stereocenters. The number of hydrogen-bond donors (Lipinski definition) is 0. The van der Waals surface area contributed by atoms with E-state index < -0.39 is 5.97 Å². The van der Waals surface area contributed by atoms with Crippen molar-refractivity contribution in [2.24, 2.45) is 0 Å². The highest BCUT2D eigenvalue weighted by atomic mass is 32.1. The lowest BCUT2D eigenvalue weighted by molar-refractivity contribution is -0.136. The summed E-state index contributed by atoms with van der Waals surface area (Å²) in [4.78, 5) is 18.5. The Morgan fingerprint density at radius 3 is 2.71 bits per heavy atom. The van der Waals surface area contributed by atoms with Gasteiger partial charge in [-0.2, -0.15) is 0 Å². The third kappa shape index (κ3) is 4.14. The van der Waals surface area contributed by atoms with Gasteiger partial charge in [0, 0.05) is 4.88 Å². The molecule has 0 saturated heterocycles. The van der Waals surface area contributed by atoms with Crippen LogP contribution in [0.1, 0.15) is 47.8 Å². The van der Waals surface area contributed by atoms with Crippen LogP contribution in [0.15, 0.2) is 12.1 Å². The summed E-state index contributed by atoms with van der Waals surface area (Å²) in [5.41, 5.74) is 2.17. The third-order valence-electron chi connectivity index (χ3n) is 4.27. The van der Waals surface area contributed by atoms with E-state index in [2.05, 4.69) is 13.8 Å². The lowest BCUT2D eigenvalue weighted by Crippen LogP contribution is -2.16. The quantitative estimate of drug-likeness (QED) is 0.524. The zero-order valence-electron chi connectivity index (χ0n) is 16.8. The van der Waals surface area contributed by atoms with Gasteiger partial charge >= 0.3 is 5.97 Å². The van der Waals surface area contributed by atoms with Crippen molar-refractivity contribution in [2.45, 2.75) is 33.6 Å². The third-order valence-corrected chi connectivity index (χ3v) is 5.29. The summed E-state index contributed by atoms with van der Waals surface area (Å²) in [5.74, 6) is 1.61. The first kappa shape index (κ1) is 20.2. The molecule has 6 nitrogen and oxygen atoms in total.